The van der Waals surface area contributed by atoms with Crippen LogP contribution in [0.2, 0.25) is 0 Å². The summed E-state index contributed by atoms with van der Waals surface area (Å²) >= 11 is 3.38. The largest absolute Gasteiger partial charge is 0.466 e. The van der Waals surface area contributed by atoms with Gasteiger partial charge in [-0.25, -0.2) is 19.2 Å². The van der Waals surface area contributed by atoms with E-state index in [1.807, 2.05) is 0 Å². The summed E-state index contributed by atoms with van der Waals surface area (Å²) in [6.45, 7) is 1.44. The minimum Gasteiger partial charge on any atom is -0.466 e. The molecule has 0 aliphatic carbocycles. The molecule has 0 bridgehead atoms. The standard InChI is InChI=1S/C17H17BrFN5O3/c1-8-15-13(23-17(20)21-8)6-12(10-4-3-9(19)5-11(10)18)22-16(15)24-27-7-14(25)26-2/h3-5,12H,6-7H2,1-2H3,(H,22,24)(H2,20,21,23). The fraction of sp³-hybridized carbons (Fsp3) is 0.294. The Bertz CT molecular complexity index is 922. The number of methoxy groups -OCH3 is 1. The number of amidine groups is 1. The number of carbonyl (C=O) groups is 1. The van der Waals surface area contributed by atoms with Crippen LogP contribution >= 0.6 is 15.9 Å². The summed E-state index contributed by atoms with van der Waals surface area (Å²) in [5.41, 5.74) is 8.57. The van der Waals surface area contributed by atoms with Crippen LogP contribution in [0.15, 0.2) is 27.8 Å². The number of halogens is 2. The SMILES string of the molecule is COC(=O)CO/N=C1\NC(c2ccc(F)cc2Br)Cc2nc(N)nc(C)c21. The van der Waals surface area contributed by atoms with Gasteiger partial charge >= 0.3 is 5.97 Å². The minimum absolute atomic E-state index is 0.153. The second-order valence-corrected chi connectivity index (χ2v) is 6.70. The van der Waals surface area contributed by atoms with Crippen LogP contribution in [0.5, 0.6) is 0 Å². The summed E-state index contributed by atoms with van der Waals surface area (Å²) < 4.78 is 18.6. The second-order valence-electron chi connectivity index (χ2n) is 5.85. The first kappa shape index (κ1) is 19.0. The summed E-state index contributed by atoms with van der Waals surface area (Å²) in [4.78, 5) is 24.8. The van der Waals surface area contributed by atoms with Gasteiger partial charge in [0.25, 0.3) is 0 Å². The number of esters is 1. The van der Waals surface area contributed by atoms with E-state index in [1.54, 1.807) is 13.0 Å². The van der Waals surface area contributed by atoms with Gasteiger partial charge in [0, 0.05) is 10.9 Å². The minimum atomic E-state index is -0.557. The molecule has 3 rings (SSSR count). The highest BCUT2D eigenvalue weighted by atomic mass is 79.9. The second kappa shape index (κ2) is 7.87. The lowest BCUT2D eigenvalue weighted by molar-refractivity contribution is -0.145. The van der Waals surface area contributed by atoms with Crippen molar-refractivity contribution >= 4 is 33.7 Å². The van der Waals surface area contributed by atoms with E-state index in [0.717, 1.165) is 5.56 Å². The average molecular weight is 438 g/mol. The van der Waals surface area contributed by atoms with E-state index in [1.165, 1.54) is 19.2 Å². The summed E-state index contributed by atoms with van der Waals surface area (Å²) in [6.07, 6.45) is 0.489. The van der Waals surface area contributed by atoms with E-state index in [9.17, 15) is 9.18 Å². The van der Waals surface area contributed by atoms with Crippen molar-refractivity contribution in [1.29, 1.82) is 0 Å². The molecule has 8 nitrogen and oxygen atoms in total. The topological polar surface area (TPSA) is 112 Å². The number of hydrogen-bond acceptors (Lipinski definition) is 7. The number of anilines is 1. The van der Waals surface area contributed by atoms with Gasteiger partial charge < -0.3 is 20.6 Å². The molecule has 2 aromatic rings. The van der Waals surface area contributed by atoms with E-state index >= 15 is 0 Å². The molecule has 10 heteroatoms. The van der Waals surface area contributed by atoms with E-state index in [4.69, 9.17) is 10.6 Å². The zero-order chi connectivity index (χ0) is 19.6. The van der Waals surface area contributed by atoms with Crippen molar-refractivity contribution in [2.75, 3.05) is 19.5 Å². The van der Waals surface area contributed by atoms with Gasteiger partial charge in [-0.05, 0) is 24.6 Å². The van der Waals surface area contributed by atoms with Crippen LogP contribution in [0.25, 0.3) is 0 Å². The summed E-state index contributed by atoms with van der Waals surface area (Å²) in [7, 11) is 1.26. The van der Waals surface area contributed by atoms with Gasteiger partial charge in [-0.2, -0.15) is 0 Å². The molecule has 1 aliphatic rings. The van der Waals surface area contributed by atoms with Gasteiger partial charge in [0.1, 0.15) is 5.82 Å². The van der Waals surface area contributed by atoms with E-state index in [-0.39, 0.29) is 24.4 Å². The molecule has 27 heavy (non-hydrogen) atoms. The number of ether oxygens (including phenoxy) is 1. The Morgan fingerprint density at radius 3 is 2.96 bits per heavy atom. The fourth-order valence-corrected chi connectivity index (χ4v) is 3.47. The fourth-order valence-electron chi connectivity index (χ4n) is 2.85. The van der Waals surface area contributed by atoms with Crippen LogP contribution in [0.4, 0.5) is 10.3 Å². The molecule has 1 aromatic heterocycles. The van der Waals surface area contributed by atoms with Gasteiger partial charge in [0.05, 0.1) is 30.1 Å². The molecule has 0 saturated heterocycles. The summed E-state index contributed by atoms with van der Waals surface area (Å²) in [6, 6.07) is 4.17. The number of nitrogen functional groups attached to an aromatic ring is 1. The third-order valence-electron chi connectivity index (χ3n) is 4.03. The Hall–Kier alpha value is -2.75. The number of oxime groups is 1. The van der Waals surface area contributed by atoms with Gasteiger partial charge in [-0.1, -0.05) is 27.2 Å². The van der Waals surface area contributed by atoms with Crippen molar-refractivity contribution in [3.05, 3.63) is 51.0 Å². The Kier molecular flexibility index (Phi) is 5.54. The van der Waals surface area contributed by atoms with E-state index < -0.39 is 5.97 Å². The van der Waals surface area contributed by atoms with Crippen molar-refractivity contribution in [2.45, 2.75) is 19.4 Å². The smallest absolute Gasteiger partial charge is 0.346 e. The lowest BCUT2D eigenvalue weighted by Crippen LogP contribution is -2.38. The van der Waals surface area contributed by atoms with Crippen LogP contribution in [0, 0.1) is 12.7 Å². The normalized spacial score (nSPS) is 17.2. The molecule has 1 aromatic carbocycles. The highest BCUT2D eigenvalue weighted by Gasteiger charge is 2.29. The molecule has 3 N–H and O–H groups in total. The number of carbonyl (C=O) groups excluding carboxylic acids is 1. The van der Waals surface area contributed by atoms with Gasteiger partial charge in [-0.15, -0.1) is 0 Å². The first-order chi connectivity index (χ1) is 12.9. The zero-order valence-electron chi connectivity index (χ0n) is 14.6. The highest BCUT2D eigenvalue weighted by molar-refractivity contribution is 9.10. The molecule has 1 aliphatic heterocycles. The molecule has 0 radical (unpaired) electrons. The van der Waals surface area contributed by atoms with Crippen LogP contribution in [-0.2, 0) is 20.8 Å². The van der Waals surface area contributed by atoms with E-state index in [2.05, 4.69) is 41.1 Å². The van der Waals surface area contributed by atoms with Crippen LogP contribution in [0.3, 0.4) is 0 Å². The molecule has 0 spiro atoms. The Balaban J connectivity index is 1.99. The molecule has 1 unspecified atom stereocenters. The maximum absolute atomic E-state index is 13.4. The number of aromatic nitrogens is 2. The number of nitrogens with two attached hydrogens (primary N) is 1. The Morgan fingerprint density at radius 1 is 1.48 bits per heavy atom. The predicted molar refractivity (Wildman–Crippen MR) is 99.4 cm³/mol. The Morgan fingerprint density at radius 2 is 2.26 bits per heavy atom. The summed E-state index contributed by atoms with van der Waals surface area (Å²) in [5, 5.41) is 7.26. The monoisotopic (exact) mass is 437 g/mol. The maximum atomic E-state index is 13.4. The van der Waals surface area contributed by atoms with Crippen molar-refractivity contribution in [1.82, 2.24) is 15.3 Å². The van der Waals surface area contributed by atoms with Crippen molar-refractivity contribution in [3.63, 3.8) is 0 Å². The maximum Gasteiger partial charge on any atom is 0.346 e. The van der Waals surface area contributed by atoms with Crippen LogP contribution in [-0.4, -0.2) is 35.5 Å². The summed E-state index contributed by atoms with van der Waals surface area (Å²) in [5.74, 6) is -0.392. The van der Waals surface area contributed by atoms with E-state index in [0.29, 0.717) is 33.7 Å². The lowest BCUT2D eigenvalue weighted by Gasteiger charge is -2.28. The number of aryl methyl sites for hydroxylation is 1. The zero-order valence-corrected chi connectivity index (χ0v) is 16.2. The predicted octanol–water partition coefficient (Wildman–Crippen LogP) is 2.01. The molecule has 0 amide bonds. The number of benzene rings is 1. The van der Waals surface area contributed by atoms with Gasteiger partial charge in [0.15, 0.2) is 5.84 Å². The quantitative estimate of drug-likeness (QED) is 0.555. The molecule has 1 atom stereocenters. The third-order valence-corrected chi connectivity index (χ3v) is 4.72. The third kappa shape index (κ3) is 4.16. The van der Waals surface area contributed by atoms with Crippen molar-refractivity contribution < 1.29 is 18.8 Å². The number of nitrogens with one attached hydrogen (secondary N) is 1. The molecular formula is C17H17BrFN5O3. The van der Waals surface area contributed by atoms with Gasteiger partial charge in [0.2, 0.25) is 12.6 Å². The van der Waals surface area contributed by atoms with Crippen LogP contribution < -0.4 is 11.1 Å². The number of fused-ring (bicyclic) bond motifs is 1. The number of hydrogen-bond donors (Lipinski definition) is 2. The molecular weight excluding hydrogens is 421 g/mol. The number of nitrogens with zero attached hydrogens (tertiary/aromatic N) is 3. The molecule has 2 heterocycles. The molecule has 142 valence electrons. The Labute approximate surface area is 163 Å². The van der Waals surface area contributed by atoms with Crippen molar-refractivity contribution in [2.24, 2.45) is 5.16 Å². The lowest BCUT2D eigenvalue weighted by atomic mass is 9.94. The van der Waals surface area contributed by atoms with Gasteiger partial charge in [-0.3, -0.25) is 0 Å². The molecule has 0 fully saturated rings. The van der Waals surface area contributed by atoms with Crippen molar-refractivity contribution in [3.8, 4) is 0 Å². The first-order valence-corrected chi connectivity index (χ1v) is 8.80. The highest BCUT2D eigenvalue weighted by Crippen LogP contribution is 2.31. The number of rotatable bonds is 4. The molecule has 0 saturated carbocycles. The average Bonchev–Trinajstić information content (AvgIpc) is 2.60. The van der Waals surface area contributed by atoms with Crippen LogP contribution in [0.1, 0.15) is 28.6 Å². The first-order valence-electron chi connectivity index (χ1n) is 8.00.